The van der Waals surface area contributed by atoms with E-state index in [9.17, 15) is 9.90 Å². The van der Waals surface area contributed by atoms with E-state index in [0.717, 1.165) is 0 Å². The van der Waals surface area contributed by atoms with Gasteiger partial charge in [0.25, 0.3) is 0 Å². The molecule has 6 nitrogen and oxygen atoms in total. The van der Waals surface area contributed by atoms with Crippen LogP contribution in [-0.4, -0.2) is 38.0 Å². The second-order valence-electron chi connectivity index (χ2n) is 5.16. The molecule has 0 fully saturated rings. The molecule has 6 heteroatoms. The number of rotatable bonds is 8. The Morgan fingerprint density at radius 1 is 1.04 bits per heavy atom. The predicted molar refractivity (Wildman–Crippen MR) is 88.4 cm³/mol. The van der Waals surface area contributed by atoms with Gasteiger partial charge in [0.15, 0.2) is 0 Å². The van der Waals surface area contributed by atoms with E-state index in [1.165, 1.54) is 12.1 Å². The molecule has 0 amide bonds. The van der Waals surface area contributed by atoms with Crippen LogP contribution in [0.1, 0.15) is 17.3 Å². The second kappa shape index (κ2) is 8.21. The molecule has 1 atom stereocenters. The average Bonchev–Trinajstić information content (AvgIpc) is 2.55. The monoisotopic (exact) mass is 332 g/mol. The maximum absolute atomic E-state index is 11.3. The highest BCUT2D eigenvalue weighted by atomic mass is 16.5. The van der Waals surface area contributed by atoms with Crippen LogP contribution in [-0.2, 0) is 4.74 Å². The molecule has 2 aromatic rings. The maximum atomic E-state index is 11.3. The molecule has 0 saturated heterocycles. The van der Waals surface area contributed by atoms with Gasteiger partial charge in [-0.1, -0.05) is 6.07 Å². The first-order chi connectivity index (χ1) is 11.5. The highest BCUT2D eigenvalue weighted by Crippen LogP contribution is 2.29. The number of hydrogen-bond donors (Lipinski definition) is 1. The maximum Gasteiger partial charge on any atom is 0.335 e. The van der Waals surface area contributed by atoms with Crippen LogP contribution in [0.15, 0.2) is 42.5 Å². The highest BCUT2D eigenvalue weighted by Gasteiger charge is 2.12. The van der Waals surface area contributed by atoms with Crippen molar-refractivity contribution in [2.45, 2.75) is 13.0 Å². The Labute approximate surface area is 140 Å². The number of benzene rings is 2. The highest BCUT2D eigenvalue weighted by molar-refractivity contribution is 5.88. The molecule has 0 saturated carbocycles. The van der Waals surface area contributed by atoms with Crippen molar-refractivity contribution in [2.75, 3.05) is 20.8 Å². The fourth-order valence-electron chi connectivity index (χ4n) is 2.12. The van der Waals surface area contributed by atoms with E-state index in [2.05, 4.69) is 0 Å². The molecule has 0 heterocycles. The Morgan fingerprint density at radius 3 is 2.38 bits per heavy atom. The third kappa shape index (κ3) is 4.89. The van der Waals surface area contributed by atoms with Crippen LogP contribution in [0.25, 0.3) is 0 Å². The minimum Gasteiger partial charge on any atom is -0.497 e. The smallest absolute Gasteiger partial charge is 0.335 e. The zero-order valence-electron chi connectivity index (χ0n) is 13.8. The molecule has 0 radical (unpaired) electrons. The van der Waals surface area contributed by atoms with Crippen LogP contribution in [0.4, 0.5) is 0 Å². The van der Waals surface area contributed by atoms with Crippen LogP contribution in [0, 0.1) is 0 Å². The first kappa shape index (κ1) is 17.6. The Kier molecular flexibility index (Phi) is 6.03. The molecule has 0 bridgehead atoms. The molecule has 128 valence electrons. The Hall–Kier alpha value is -2.73. The minimum atomic E-state index is -1.06. The summed E-state index contributed by atoms with van der Waals surface area (Å²) >= 11 is 0. The SMILES string of the molecule is COC[C@H](C)Oc1cc(Oc2cccc(OC)c2)cc(C(=O)O)c1. The van der Waals surface area contributed by atoms with Gasteiger partial charge in [0.1, 0.15) is 29.1 Å². The minimum absolute atomic E-state index is 0.0787. The van der Waals surface area contributed by atoms with Gasteiger partial charge in [-0.25, -0.2) is 4.79 Å². The molecule has 0 aliphatic rings. The van der Waals surface area contributed by atoms with Gasteiger partial charge in [0, 0.05) is 19.2 Å². The van der Waals surface area contributed by atoms with E-state index >= 15 is 0 Å². The molecule has 0 spiro atoms. The molecule has 0 unspecified atom stereocenters. The van der Waals surface area contributed by atoms with Gasteiger partial charge in [-0.15, -0.1) is 0 Å². The van der Waals surface area contributed by atoms with E-state index in [4.69, 9.17) is 18.9 Å². The first-order valence-corrected chi connectivity index (χ1v) is 7.37. The Bertz CT molecular complexity index is 698. The lowest BCUT2D eigenvalue weighted by Gasteiger charge is -2.15. The van der Waals surface area contributed by atoms with Crippen LogP contribution in [0.3, 0.4) is 0 Å². The summed E-state index contributed by atoms with van der Waals surface area (Å²) in [5.74, 6) is 0.885. The zero-order valence-corrected chi connectivity index (χ0v) is 13.8. The van der Waals surface area contributed by atoms with E-state index in [0.29, 0.717) is 29.6 Å². The van der Waals surface area contributed by atoms with E-state index in [1.54, 1.807) is 44.6 Å². The summed E-state index contributed by atoms with van der Waals surface area (Å²) < 4.78 is 21.6. The lowest BCUT2D eigenvalue weighted by molar-refractivity contribution is 0.0693. The molecule has 2 rings (SSSR count). The molecule has 0 aromatic heterocycles. The van der Waals surface area contributed by atoms with Crippen molar-refractivity contribution in [1.29, 1.82) is 0 Å². The summed E-state index contributed by atoms with van der Waals surface area (Å²) in [7, 11) is 3.14. The zero-order chi connectivity index (χ0) is 17.5. The van der Waals surface area contributed by atoms with Crippen LogP contribution in [0.5, 0.6) is 23.0 Å². The number of hydrogen-bond acceptors (Lipinski definition) is 5. The predicted octanol–water partition coefficient (Wildman–Crippen LogP) is 3.60. The standard InChI is InChI=1S/C18H20O6/c1-12(11-21-2)23-16-7-13(18(19)20)8-17(10-16)24-15-6-4-5-14(9-15)22-3/h4-10,12H,11H2,1-3H3,(H,19,20)/t12-/m0/s1. The van der Waals surface area contributed by atoms with Crippen LogP contribution >= 0.6 is 0 Å². The second-order valence-corrected chi connectivity index (χ2v) is 5.16. The van der Waals surface area contributed by atoms with E-state index in [-0.39, 0.29) is 11.7 Å². The van der Waals surface area contributed by atoms with E-state index in [1.807, 2.05) is 6.92 Å². The van der Waals surface area contributed by atoms with Gasteiger partial charge < -0.3 is 24.1 Å². The van der Waals surface area contributed by atoms with Gasteiger partial charge in [-0.2, -0.15) is 0 Å². The summed E-state index contributed by atoms with van der Waals surface area (Å²) in [5.41, 5.74) is 0.0787. The topological polar surface area (TPSA) is 74.2 Å². The quantitative estimate of drug-likeness (QED) is 0.796. The number of methoxy groups -OCH3 is 2. The molecule has 0 aliphatic carbocycles. The van der Waals surface area contributed by atoms with Crippen molar-refractivity contribution in [1.82, 2.24) is 0 Å². The number of carbonyl (C=O) groups is 1. The molecule has 2 aromatic carbocycles. The molecule has 1 N–H and O–H groups in total. The summed E-state index contributed by atoms with van der Waals surface area (Å²) in [6, 6.07) is 11.6. The third-order valence-corrected chi connectivity index (χ3v) is 3.14. The lowest BCUT2D eigenvalue weighted by Crippen LogP contribution is -2.18. The van der Waals surface area contributed by atoms with Crippen molar-refractivity contribution in [3.63, 3.8) is 0 Å². The molecular formula is C18H20O6. The van der Waals surface area contributed by atoms with E-state index < -0.39 is 5.97 Å². The first-order valence-electron chi connectivity index (χ1n) is 7.37. The van der Waals surface area contributed by atoms with Crippen LogP contribution < -0.4 is 14.2 Å². The van der Waals surface area contributed by atoms with Crippen LogP contribution in [0.2, 0.25) is 0 Å². The van der Waals surface area contributed by atoms with Crippen molar-refractivity contribution in [3.8, 4) is 23.0 Å². The van der Waals surface area contributed by atoms with Gasteiger partial charge in [0.2, 0.25) is 0 Å². The summed E-state index contributed by atoms with van der Waals surface area (Å²) in [5, 5.41) is 9.26. The molecule has 24 heavy (non-hydrogen) atoms. The van der Waals surface area contributed by atoms with Gasteiger partial charge >= 0.3 is 5.97 Å². The normalized spacial score (nSPS) is 11.6. The van der Waals surface area contributed by atoms with Gasteiger partial charge in [-0.05, 0) is 31.2 Å². The van der Waals surface area contributed by atoms with Crippen molar-refractivity contribution in [2.24, 2.45) is 0 Å². The van der Waals surface area contributed by atoms with Gasteiger partial charge in [-0.3, -0.25) is 0 Å². The largest absolute Gasteiger partial charge is 0.497 e. The number of ether oxygens (including phenoxy) is 4. The Morgan fingerprint density at radius 2 is 1.71 bits per heavy atom. The third-order valence-electron chi connectivity index (χ3n) is 3.14. The van der Waals surface area contributed by atoms with Crippen molar-refractivity contribution < 1.29 is 28.8 Å². The fourth-order valence-corrected chi connectivity index (χ4v) is 2.12. The van der Waals surface area contributed by atoms with Crippen molar-refractivity contribution >= 4 is 5.97 Å². The Balaban J connectivity index is 2.27. The summed E-state index contributed by atoms with van der Waals surface area (Å²) in [4.78, 5) is 11.3. The number of aromatic carboxylic acids is 1. The lowest BCUT2D eigenvalue weighted by atomic mass is 10.2. The molecular weight excluding hydrogens is 312 g/mol. The summed E-state index contributed by atoms with van der Waals surface area (Å²) in [6.07, 6.45) is -0.219. The number of carboxylic acids is 1. The number of carboxylic acid groups (broad SMARTS) is 1. The van der Waals surface area contributed by atoms with Gasteiger partial charge in [0.05, 0.1) is 19.3 Å². The summed E-state index contributed by atoms with van der Waals surface area (Å²) in [6.45, 7) is 2.23. The molecule has 0 aliphatic heterocycles. The average molecular weight is 332 g/mol. The van der Waals surface area contributed by atoms with Crippen molar-refractivity contribution in [3.05, 3.63) is 48.0 Å². The fraction of sp³-hybridized carbons (Fsp3) is 0.278.